The number of Topliss-reactive ketones (excluding diaryl/α,β-unsaturated/α-hetero) is 2. The number of oxazole rings is 1. The molecule has 1 saturated heterocycles. The molecule has 42 heavy (non-hydrogen) atoms. The second-order valence-electron chi connectivity index (χ2n) is 10.7. The van der Waals surface area contributed by atoms with E-state index >= 15 is 0 Å². The van der Waals surface area contributed by atoms with E-state index in [0.717, 1.165) is 29.5 Å². The summed E-state index contributed by atoms with van der Waals surface area (Å²) in [5.74, 6) is -0.614. The molecule has 2 heterocycles. The smallest absolute Gasteiger partial charge is 0.437 e. The molecule has 0 amide bonds. The summed E-state index contributed by atoms with van der Waals surface area (Å²) in [5, 5.41) is 0. The number of nitrogens with zero attached hydrogens (tertiary/aromatic N) is 2. The summed E-state index contributed by atoms with van der Waals surface area (Å²) in [7, 11) is 1.57. The van der Waals surface area contributed by atoms with Gasteiger partial charge in [0.25, 0.3) is 6.01 Å². The predicted octanol–water partition coefficient (Wildman–Crippen LogP) is 7.46. The first-order valence-corrected chi connectivity index (χ1v) is 13.8. The number of anilines is 1. The summed E-state index contributed by atoms with van der Waals surface area (Å²) in [6.07, 6.45) is -3.05. The third-order valence-electron chi connectivity index (χ3n) is 7.47. The molecule has 0 bridgehead atoms. The minimum Gasteiger partial charge on any atom is -0.496 e. The van der Waals surface area contributed by atoms with Crippen molar-refractivity contribution in [2.45, 2.75) is 38.8 Å². The molecule has 0 spiro atoms. The lowest BCUT2D eigenvalue weighted by molar-refractivity contribution is -0.141. The van der Waals surface area contributed by atoms with Crippen LogP contribution in [0.15, 0.2) is 77.2 Å². The van der Waals surface area contributed by atoms with Crippen LogP contribution in [0.4, 0.5) is 19.2 Å². The molecule has 1 fully saturated rings. The Morgan fingerprint density at radius 2 is 1.62 bits per heavy atom. The molecule has 1 atom stereocenters. The third-order valence-corrected chi connectivity index (χ3v) is 7.47. The van der Waals surface area contributed by atoms with E-state index in [1.54, 1.807) is 48.4 Å². The number of benzene rings is 3. The van der Waals surface area contributed by atoms with E-state index in [1.165, 1.54) is 0 Å². The Morgan fingerprint density at radius 1 is 0.952 bits per heavy atom. The summed E-state index contributed by atoms with van der Waals surface area (Å²) < 4.78 is 52.0. The van der Waals surface area contributed by atoms with Gasteiger partial charge in [-0.25, -0.2) is 0 Å². The van der Waals surface area contributed by atoms with Gasteiger partial charge in [0.1, 0.15) is 5.75 Å². The number of carbonyl (C=O) groups excluding carboxylic acids is 2. The zero-order valence-corrected chi connectivity index (χ0v) is 23.4. The van der Waals surface area contributed by atoms with Gasteiger partial charge < -0.3 is 14.1 Å². The van der Waals surface area contributed by atoms with Crippen molar-refractivity contribution in [1.29, 1.82) is 0 Å². The van der Waals surface area contributed by atoms with Crippen LogP contribution in [0.3, 0.4) is 0 Å². The molecule has 6 nitrogen and oxygen atoms in total. The first kappa shape index (κ1) is 29.1. The molecule has 3 aromatic carbocycles. The second-order valence-corrected chi connectivity index (χ2v) is 10.7. The molecular formula is C33H31F3N2O4. The van der Waals surface area contributed by atoms with Gasteiger partial charge in [-0.1, -0.05) is 73.7 Å². The van der Waals surface area contributed by atoms with Gasteiger partial charge in [0.05, 0.1) is 7.11 Å². The summed E-state index contributed by atoms with van der Waals surface area (Å²) in [5.41, 5.74) is 2.34. The Balaban J connectivity index is 1.27. The van der Waals surface area contributed by atoms with Crippen molar-refractivity contribution in [2.75, 3.05) is 25.1 Å². The molecule has 0 aliphatic carbocycles. The summed E-state index contributed by atoms with van der Waals surface area (Å²) in [4.78, 5) is 31.2. The van der Waals surface area contributed by atoms with Crippen molar-refractivity contribution in [3.63, 3.8) is 0 Å². The van der Waals surface area contributed by atoms with Crippen LogP contribution >= 0.6 is 0 Å². The molecule has 1 aliphatic heterocycles. The molecule has 0 saturated carbocycles. The quantitative estimate of drug-likeness (QED) is 0.193. The fourth-order valence-corrected chi connectivity index (χ4v) is 5.24. The second kappa shape index (κ2) is 12.2. The molecule has 4 aromatic rings. The number of methoxy groups -OCH3 is 1. The van der Waals surface area contributed by atoms with Gasteiger partial charge in [0.15, 0.2) is 11.5 Å². The van der Waals surface area contributed by atoms with E-state index in [2.05, 4.69) is 4.98 Å². The first-order valence-electron chi connectivity index (χ1n) is 13.8. The average Bonchev–Trinajstić information content (AvgIpc) is 3.45. The van der Waals surface area contributed by atoms with Gasteiger partial charge in [-0.05, 0) is 41.5 Å². The lowest BCUT2D eigenvalue weighted by Crippen LogP contribution is -2.34. The number of ketones is 2. The van der Waals surface area contributed by atoms with E-state index < -0.39 is 23.4 Å². The number of hydrogen-bond acceptors (Lipinski definition) is 6. The number of hydrogen-bond donors (Lipinski definition) is 0. The topological polar surface area (TPSA) is 72.6 Å². The molecule has 218 valence electrons. The van der Waals surface area contributed by atoms with Gasteiger partial charge in [-0.2, -0.15) is 18.2 Å². The fourth-order valence-electron chi connectivity index (χ4n) is 5.24. The number of piperidine rings is 1. The van der Waals surface area contributed by atoms with E-state index in [1.807, 2.05) is 43.3 Å². The highest BCUT2D eigenvalue weighted by Gasteiger charge is 2.42. The molecule has 5 rings (SSSR count). The Bertz CT molecular complexity index is 1560. The van der Waals surface area contributed by atoms with Crippen LogP contribution in [0, 0.1) is 5.92 Å². The SMILES string of the molecule is COc1ccccc1CC(=O)c1ccc(-c2ccc(CC(=O)c3oc(N4CCCC(C)C4)nc3C(F)(F)F)cc2)cc1. The van der Waals surface area contributed by atoms with Crippen LogP contribution in [0.5, 0.6) is 5.75 Å². The molecule has 1 aromatic heterocycles. The van der Waals surface area contributed by atoms with Crippen molar-refractivity contribution in [2.24, 2.45) is 5.92 Å². The number of alkyl halides is 3. The number of para-hydroxylation sites is 1. The van der Waals surface area contributed by atoms with Gasteiger partial charge >= 0.3 is 6.18 Å². The van der Waals surface area contributed by atoms with E-state index in [-0.39, 0.29) is 24.6 Å². The maximum absolute atomic E-state index is 13.7. The molecule has 9 heteroatoms. The summed E-state index contributed by atoms with van der Waals surface area (Å²) in [6.45, 7) is 3.09. The van der Waals surface area contributed by atoms with Gasteiger partial charge in [-0.15, -0.1) is 0 Å². The highest BCUT2D eigenvalue weighted by molar-refractivity contribution is 5.98. The van der Waals surface area contributed by atoms with Crippen molar-refractivity contribution in [3.05, 3.63) is 101 Å². The van der Waals surface area contributed by atoms with E-state index in [4.69, 9.17) is 9.15 Å². The van der Waals surface area contributed by atoms with Gasteiger partial charge in [0.2, 0.25) is 11.5 Å². The number of rotatable bonds is 9. The molecule has 0 radical (unpaired) electrons. The standard InChI is InChI=1S/C33H31F3N2O4/c1-21-6-5-17-38(20-21)32-37-31(33(34,35)36)30(42-32)28(40)18-22-9-11-23(12-10-22)24-13-15-25(16-14-24)27(39)19-26-7-3-4-8-29(26)41-2/h3-4,7-16,21H,5-6,17-20H2,1-2H3. The summed E-state index contributed by atoms with van der Waals surface area (Å²) >= 11 is 0. The average molecular weight is 577 g/mol. The normalized spacial score (nSPS) is 15.5. The van der Waals surface area contributed by atoms with E-state index in [9.17, 15) is 22.8 Å². The van der Waals surface area contributed by atoms with Crippen LogP contribution in [-0.4, -0.2) is 36.7 Å². The van der Waals surface area contributed by atoms with Crippen molar-refractivity contribution in [3.8, 4) is 16.9 Å². The van der Waals surface area contributed by atoms with Crippen LogP contribution in [-0.2, 0) is 19.0 Å². The fraction of sp³-hybridized carbons (Fsp3) is 0.303. The predicted molar refractivity (Wildman–Crippen MR) is 153 cm³/mol. The number of halogens is 3. The number of carbonyl (C=O) groups is 2. The minimum atomic E-state index is -4.81. The van der Waals surface area contributed by atoms with Crippen molar-refractivity contribution < 1.29 is 31.9 Å². The molecular weight excluding hydrogens is 545 g/mol. The van der Waals surface area contributed by atoms with Gasteiger partial charge in [-0.3, -0.25) is 9.59 Å². The van der Waals surface area contributed by atoms with Crippen LogP contribution in [0.2, 0.25) is 0 Å². The van der Waals surface area contributed by atoms with E-state index in [0.29, 0.717) is 35.9 Å². The number of aromatic nitrogens is 1. The zero-order chi connectivity index (χ0) is 29.9. The Kier molecular flexibility index (Phi) is 8.47. The number of ether oxygens (including phenoxy) is 1. The van der Waals surface area contributed by atoms with Gasteiger partial charge in [0, 0.05) is 37.1 Å². The Hall–Kier alpha value is -4.40. The largest absolute Gasteiger partial charge is 0.496 e. The zero-order valence-electron chi connectivity index (χ0n) is 23.4. The Morgan fingerprint density at radius 3 is 2.26 bits per heavy atom. The monoisotopic (exact) mass is 576 g/mol. The van der Waals surface area contributed by atoms with Crippen LogP contribution in [0.1, 0.15) is 57.5 Å². The third kappa shape index (κ3) is 6.56. The molecule has 1 unspecified atom stereocenters. The van der Waals surface area contributed by atoms with Crippen LogP contribution in [0.25, 0.3) is 11.1 Å². The molecule has 1 aliphatic rings. The van der Waals surface area contributed by atoms with Crippen LogP contribution < -0.4 is 9.64 Å². The highest BCUT2D eigenvalue weighted by Crippen LogP contribution is 2.36. The lowest BCUT2D eigenvalue weighted by Gasteiger charge is -2.29. The maximum atomic E-state index is 13.7. The lowest BCUT2D eigenvalue weighted by atomic mass is 9.98. The molecule has 0 N–H and O–H groups in total. The Labute approximate surface area is 242 Å². The minimum absolute atomic E-state index is 0.0384. The first-order chi connectivity index (χ1) is 20.1. The summed E-state index contributed by atoms with van der Waals surface area (Å²) in [6, 6.07) is 21.4. The van der Waals surface area contributed by atoms with Crippen molar-refractivity contribution in [1.82, 2.24) is 4.98 Å². The van der Waals surface area contributed by atoms with Crippen molar-refractivity contribution >= 4 is 17.6 Å². The highest BCUT2D eigenvalue weighted by atomic mass is 19.4. The maximum Gasteiger partial charge on any atom is 0.437 e.